The van der Waals surface area contributed by atoms with Crippen LogP contribution in [0.2, 0.25) is 0 Å². The second kappa shape index (κ2) is 6.22. The molecule has 3 heteroatoms. The molecule has 0 saturated heterocycles. The predicted octanol–water partition coefficient (Wildman–Crippen LogP) is 3.87. The summed E-state index contributed by atoms with van der Waals surface area (Å²) in [6.45, 7) is 4.03. The lowest BCUT2D eigenvalue weighted by molar-refractivity contribution is 0.199. The zero-order valence-electron chi connectivity index (χ0n) is 11.7. The first-order chi connectivity index (χ1) is 9.08. The maximum Gasteiger partial charge on any atom is 0.0761 e. The second-order valence-corrected chi connectivity index (χ2v) is 6.04. The van der Waals surface area contributed by atoms with E-state index in [1.165, 1.54) is 10.6 Å². The van der Waals surface area contributed by atoms with Crippen molar-refractivity contribution in [2.45, 2.75) is 32.4 Å². The van der Waals surface area contributed by atoms with Crippen molar-refractivity contribution in [3.05, 3.63) is 52.2 Å². The molecule has 0 aliphatic rings. The molecule has 0 amide bonds. The molecule has 0 fully saturated rings. The average molecular weight is 275 g/mol. The summed E-state index contributed by atoms with van der Waals surface area (Å²) in [5.41, 5.74) is 2.15. The lowest BCUT2D eigenvalue weighted by Gasteiger charge is -2.27. The molecule has 19 heavy (non-hydrogen) atoms. The van der Waals surface area contributed by atoms with E-state index >= 15 is 0 Å². The molecule has 0 radical (unpaired) electrons. The van der Waals surface area contributed by atoms with E-state index in [0.29, 0.717) is 6.04 Å². The molecule has 0 spiro atoms. The van der Waals surface area contributed by atoms with Gasteiger partial charge in [-0.15, -0.1) is 11.3 Å². The third-order valence-electron chi connectivity index (χ3n) is 3.52. The second-order valence-electron chi connectivity index (χ2n) is 5.01. The number of thiophene rings is 1. The molecule has 0 saturated carbocycles. The highest BCUT2D eigenvalue weighted by molar-refractivity contribution is 7.09. The Hall–Kier alpha value is -1.32. The van der Waals surface area contributed by atoms with E-state index in [2.05, 4.69) is 48.5 Å². The van der Waals surface area contributed by atoms with Crippen molar-refractivity contribution in [1.29, 1.82) is 0 Å². The molecule has 1 aromatic carbocycles. The van der Waals surface area contributed by atoms with Crippen molar-refractivity contribution < 1.29 is 5.11 Å². The number of benzene rings is 1. The van der Waals surface area contributed by atoms with Crippen molar-refractivity contribution in [2.75, 3.05) is 11.9 Å². The highest BCUT2D eigenvalue weighted by Crippen LogP contribution is 2.21. The van der Waals surface area contributed by atoms with Gasteiger partial charge >= 0.3 is 0 Å². The lowest BCUT2D eigenvalue weighted by Crippen LogP contribution is -2.30. The number of hydrogen-bond donors (Lipinski definition) is 1. The highest BCUT2D eigenvalue weighted by atomic mass is 32.1. The summed E-state index contributed by atoms with van der Waals surface area (Å²) in [6.07, 6.45) is 0.662. The van der Waals surface area contributed by atoms with Crippen LogP contribution in [-0.2, 0) is 6.42 Å². The molecule has 1 aromatic heterocycles. The Kier molecular flexibility index (Phi) is 4.61. The monoisotopic (exact) mass is 275 g/mol. The quantitative estimate of drug-likeness (QED) is 0.895. The van der Waals surface area contributed by atoms with E-state index in [0.717, 1.165) is 12.0 Å². The smallest absolute Gasteiger partial charge is 0.0761 e. The van der Waals surface area contributed by atoms with Gasteiger partial charge in [0.15, 0.2) is 0 Å². The largest absolute Gasteiger partial charge is 0.389 e. The van der Waals surface area contributed by atoms with Gasteiger partial charge in [-0.2, -0.15) is 0 Å². The van der Waals surface area contributed by atoms with Gasteiger partial charge in [-0.3, -0.25) is 0 Å². The van der Waals surface area contributed by atoms with Crippen LogP contribution >= 0.6 is 11.3 Å². The summed E-state index contributed by atoms with van der Waals surface area (Å²) < 4.78 is 0. The molecule has 0 aliphatic carbocycles. The third kappa shape index (κ3) is 3.58. The Morgan fingerprint density at radius 3 is 2.37 bits per heavy atom. The van der Waals surface area contributed by atoms with Crippen LogP contribution in [0.1, 0.15) is 30.4 Å². The molecule has 2 unspecified atom stereocenters. The molecular weight excluding hydrogens is 254 g/mol. The SMILES string of the molecule is CC(O)c1ccc(N(C)C(C)Cc2cccs2)cc1. The zero-order chi connectivity index (χ0) is 13.8. The number of hydrogen-bond acceptors (Lipinski definition) is 3. The molecule has 2 nitrogen and oxygen atoms in total. The summed E-state index contributed by atoms with van der Waals surface area (Å²) in [7, 11) is 2.12. The minimum Gasteiger partial charge on any atom is -0.389 e. The summed E-state index contributed by atoms with van der Waals surface area (Å²) >= 11 is 1.81. The molecule has 1 N–H and O–H groups in total. The van der Waals surface area contributed by atoms with Crippen LogP contribution in [-0.4, -0.2) is 18.2 Å². The van der Waals surface area contributed by atoms with Crippen molar-refractivity contribution in [1.82, 2.24) is 0 Å². The topological polar surface area (TPSA) is 23.5 Å². The maximum atomic E-state index is 9.52. The molecule has 2 atom stereocenters. The van der Waals surface area contributed by atoms with Gasteiger partial charge in [0.2, 0.25) is 0 Å². The van der Waals surface area contributed by atoms with Gasteiger partial charge in [0.25, 0.3) is 0 Å². The molecule has 0 bridgehead atoms. The number of aliphatic hydroxyl groups is 1. The fourth-order valence-corrected chi connectivity index (χ4v) is 2.93. The Bertz CT molecular complexity index is 490. The van der Waals surface area contributed by atoms with Gasteiger partial charge in [0, 0.05) is 30.1 Å². The number of anilines is 1. The maximum absolute atomic E-state index is 9.52. The molecule has 102 valence electrons. The first-order valence-corrected chi connectivity index (χ1v) is 7.49. The van der Waals surface area contributed by atoms with Crippen molar-refractivity contribution >= 4 is 17.0 Å². The van der Waals surface area contributed by atoms with Gasteiger partial charge < -0.3 is 10.0 Å². The van der Waals surface area contributed by atoms with Gasteiger partial charge in [-0.1, -0.05) is 18.2 Å². The minimum atomic E-state index is -0.400. The Balaban J connectivity index is 2.04. The zero-order valence-corrected chi connectivity index (χ0v) is 12.5. The van der Waals surface area contributed by atoms with E-state index in [9.17, 15) is 5.11 Å². The normalized spacial score (nSPS) is 14.1. The molecular formula is C16H21NOS. The molecule has 2 aromatic rings. The van der Waals surface area contributed by atoms with Crippen LogP contribution in [0.5, 0.6) is 0 Å². The van der Waals surface area contributed by atoms with Gasteiger partial charge in [0.1, 0.15) is 0 Å². The number of rotatable bonds is 5. The van der Waals surface area contributed by atoms with Crippen molar-refractivity contribution in [3.8, 4) is 0 Å². The standard InChI is InChI=1S/C16H21NOS/c1-12(11-16-5-4-10-19-16)17(3)15-8-6-14(7-9-15)13(2)18/h4-10,12-13,18H,11H2,1-3H3. The fraction of sp³-hybridized carbons (Fsp3) is 0.375. The lowest BCUT2D eigenvalue weighted by atomic mass is 10.1. The van der Waals surface area contributed by atoms with E-state index in [-0.39, 0.29) is 0 Å². The first-order valence-electron chi connectivity index (χ1n) is 6.61. The molecule has 1 heterocycles. The summed E-state index contributed by atoms with van der Waals surface area (Å²) in [5.74, 6) is 0. The summed E-state index contributed by atoms with van der Waals surface area (Å²) in [4.78, 5) is 3.70. The first kappa shape index (κ1) is 14.1. The van der Waals surface area contributed by atoms with Gasteiger partial charge in [-0.25, -0.2) is 0 Å². The van der Waals surface area contributed by atoms with Crippen molar-refractivity contribution in [2.24, 2.45) is 0 Å². The molecule has 0 aliphatic heterocycles. The minimum absolute atomic E-state index is 0.400. The van der Waals surface area contributed by atoms with Crippen molar-refractivity contribution in [3.63, 3.8) is 0 Å². The predicted molar refractivity (Wildman–Crippen MR) is 83.0 cm³/mol. The van der Waals surface area contributed by atoms with Gasteiger partial charge in [0.05, 0.1) is 6.10 Å². The summed E-state index contributed by atoms with van der Waals surface area (Å²) in [6, 6.07) is 12.9. The van der Waals surface area contributed by atoms with Crippen LogP contribution in [0.4, 0.5) is 5.69 Å². The Morgan fingerprint density at radius 1 is 1.16 bits per heavy atom. The van der Waals surface area contributed by atoms with Crippen LogP contribution in [0.15, 0.2) is 41.8 Å². The van der Waals surface area contributed by atoms with Gasteiger partial charge in [-0.05, 0) is 43.0 Å². The van der Waals surface area contributed by atoms with E-state index in [1.54, 1.807) is 6.92 Å². The Labute approximate surface area is 119 Å². The van der Waals surface area contributed by atoms with Crippen LogP contribution in [0.3, 0.4) is 0 Å². The average Bonchev–Trinajstić information content (AvgIpc) is 2.90. The van der Waals surface area contributed by atoms with E-state index in [4.69, 9.17) is 0 Å². The number of aliphatic hydroxyl groups excluding tert-OH is 1. The Morgan fingerprint density at radius 2 is 1.84 bits per heavy atom. The third-order valence-corrected chi connectivity index (χ3v) is 4.42. The molecule has 2 rings (SSSR count). The highest BCUT2D eigenvalue weighted by Gasteiger charge is 2.11. The van der Waals surface area contributed by atoms with Crippen LogP contribution < -0.4 is 4.90 Å². The van der Waals surface area contributed by atoms with E-state index in [1.807, 2.05) is 23.5 Å². The number of likely N-dealkylation sites (N-methyl/N-ethyl adjacent to an activating group) is 1. The summed E-state index contributed by atoms with van der Waals surface area (Å²) in [5, 5.41) is 11.6. The fourth-order valence-electron chi connectivity index (χ4n) is 2.10. The van der Waals surface area contributed by atoms with Crippen LogP contribution in [0.25, 0.3) is 0 Å². The van der Waals surface area contributed by atoms with E-state index < -0.39 is 6.10 Å². The number of nitrogens with zero attached hydrogens (tertiary/aromatic N) is 1. The van der Waals surface area contributed by atoms with Crippen LogP contribution in [0, 0.1) is 0 Å².